The molecule has 6 nitrogen and oxygen atoms in total. The number of nitrogens with two attached hydrogens (primary N) is 1. The standard InChI is InChI=1S/C19H26N4O2S/c1-3-16-7-5-6-8-17(16)14-23-19(21-4-2)22-13-15-9-11-18(12-10-15)26(20,24)25/h5-12H,3-4,13-14H2,1-2H3,(H2,20,24,25)(H2,21,22,23). The summed E-state index contributed by atoms with van der Waals surface area (Å²) in [6.07, 6.45) is 0.988. The van der Waals surface area contributed by atoms with Crippen LogP contribution in [-0.4, -0.2) is 20.9 Å². The molecule has 0 saturated carbocycles. The van der Waals surface area contributed by atoms with Crippen molar-refractivity contribution in [2.45, 2.75) is 38.3 Å². The summed E-state index contributed by atoms with van der Waals surface area (Å²) in [5, 5.41) is 11.7. The first-order chi connectivity index (χ1) is 12.4. The number of nitrogens with one attached hydrogen (secondary N) is 2. The van der Waals surface area contributed by atoms with Gasteiger partial charge in [-0.15, -0.1) is 0 Å². The molecule has 2 rings (SSSR count). The number of aliphatic imine (C=N–C) groups is 1. The molecule has 26 heavy (non-hydrogen) atoms. The van der Waals surface area contributed by atoms with Crippen molar-refractivity contribution in [3.8, 4) is 0 Å². The molecule has 0 bridgehead atoms. The molecule has 0 aliphatic heterocycles. The number of hydrogen-bond acceptors (Lipinski definition) is 3. The van der Waals surface area contributed by atoms with Crippen molar-refractivity contribution >= 4 is 16.0 Å². The molecule has 0 atom stereocenters. The molecule has 0 aromatic heterocycles. The molecular formula is C19H26N4O2S. The average Bonchev–Trinajstić information content (AvgIpc) is 2.64. The van der Waals surface area contributed by atoms with E-state index in [2.05, 4.69) is 34.7 Å². The fourth-order valence-electron chi connectivity index (χ4n) is 2.55. The summed E-state index contributed by atoms with van der Waals surface area (Å²) >= 11 is 0. The Balaban J connectivity index is 2.04. The minimum absolute atomic E-state index is 0.103. The van der Waals surface area contributed by atoms with Gasteiger partial charge in [0.15, 0.2) is 5.96 Å². The maximum Gasteiger partial charge on any atom is 0.238 e. The van der Waals surface area contributed by atoms with Crippen molar-refractivity contribution in [3.63, 3.8) is 0 Å². The van der Waals surface area contributed by atoms with Gasteiger partial charge < -0.3 is 10.6 Å². The van der Waals surface area contributed by atoms with Crippen LogP contribution in [0.15, 0.2) is 58.4 Å². The number of sulfonamides is 1. The Bertz CT molecular complexity index is 846. The van der Waals surface area contributed by atoms with Crippen LogP contribution < -0.4 is 15.8 Å². The van der Waals surface area contributed by atoms with Gasteiger partial charge in [-0.05, 0) is 42.2 Å². The fourth-order valence-corrected chi connectivity index (χ4v) is 3.07. The first kappa shape index (κ1) is 19.9. The number of nitrogens with zero attached hydrogens (tertiary/aromatic N) is 1. The summed E-state index contributed by atoms with van der Waals surface area (Å²) in [5.41, 5.74) is 3.47. The van der Waals surface area contributed by atoms with Crippen LogP contribution in [0.1, 0.15) is 30.5 Å². The maximum atomic E-state index is 11.3. The number of benzene rings is 2. The Morgan fingerprint density at radius 3 is 2.23 bits per heavy atom. The quantitative estimate of drug-likeness (QED) is 0.511. The third-order valence-electron chi connectivity index (χ3n) is 3.96. The van der Waals surface area contributed by atoms with Crippen LogP contribution in [0.25, 0.3) is 0 Å². The number of aryl methyl sites for hydroxylation is 1. The minimum Gasteiger partial charge on any atom is -0.357 e. The summed E-state index contributed by atoms with van der Waals surface area (Å²) in [6, 6.07) is 14.8. The monoisotopic (exact) mass is 374 g/mol. The van der Waals surface area contributed by atoms with Crippen molar-refractivity contribution in [2.24, 2.45) is 10.1 Å². The molecule has 2 aromatic rings. The summed E-state index contributed by atoms with van der Waals surface area (Å²) in [4.78, 5) is 4.66. The number of hydrogen-bond donors (Lipinski definition) is 3. The summed E-state index contributed by atoms with van der Waals surface area (Å²) in [5.74, 6) is 0.717. The highest BCUT2D eigenvalue weighted by atomic mass is 32.2. The summed E-state index contributed by atoms with van der Waals surface area (Å²) in [7, 11) is -3.67. The molecule has 0 saturated heterocycles. The van der Waals surface area contributed by atoms with Gasteiger partial charge in [-0.3, -0.25) is 0 Å². The van der Waals surface area contributed by atoms with Crippen LogP contribution in [0.3, 0.4) is 0 Å². The molecule has 0 radical (unpaired) electrons. The second-order valence-corrected chi connectivity index (χ2v) is 7.42. The predicted octanol–water partition coefficient (Wildman–Crippen LogP) is 2.15. The molecule has 0 aliphatic rings. The van der Waals surface area contributed by atoms with Crippen LogP contribution in [0.4, 0.5) is 0 Å². The van der Waals surface area contributed by atoms with Gasteiger partial charge in [0.2, 0.25) is 10.0 Å². The van der Waals surface area contributed by atoms with Crippen LogP contribution in [0.2, 0.25) is 0 Å². The summed E-state index contributed by atoms with van der Waals surface area (Å²) in [6.45, 7) is 6.04. The first-order valence-corrected chi connectivity index (χ1v) is 10.2. The van der Waals surface area contributed by atoms with Crippen molar-refractivity contribution < 1.29 is 8.42 Å². The lowest BCUT2D eigenvalue weighted by Gasteiger charge is -2.13. The van der Waals surface area contributed by atoms with Gasteiger partial charge in [0.1, 0.15) is 0 Å². The highest BCUT2D eigenvalue weighted by Crippen LogP contribution is 2.10. The second-order valence-electron chi connectivity index (χ2n) is 5.86. The largest absolute Gasteiger partial charge is 0.357 e. The van der Waals surface area contributed by atoms with Crippen molar-refractivity contribution in [2.75, 3.05) is 6.54 Å². The van der Waals surface area contributed by atoms with E-state index in [1.807, 2.05) is 19.1 Å². The van der Waals surface area contributed by atoms with Crippen molar-refractivity contribution in [1.82, 2.24) is 10.6 Å². The van der Waals surface area contributed by atoms with E-state index in [1.165, 1.54) is 23.3 Å². The molecule has 0 fully saturated rings. The molecule has 0 amide bonds. The van der Waals surface area contributed by atoms with Crippen LogP contribution in [-0.2, 0) is 29.5 Å². The Morgan fingerprint density at radius 2 is 1.65 bits per heavy atom. The van der Waals surface area contributed by atoms with E-state index in [-0.39, 0.29) is 4.90 Å². The second kappa shape index (κ2) is 9.35. The Kier molecular flexibility index (Phi) is 7.17. The molecule has 0 aliphatic carbocycles. The van der Waals surface area contributed by atoms with Gasteiger partial charge in [-0.25, -0.2) is 18.5 Å². The van der Waals surface area contributed by atoms with Gasteiger partial charge in [0, 0.05) is 13.1 Å². The van der Waals surface area contributed by atoms with Crippen molar-refractivity contribution in [1.29, 1.82) is 0 Å². The molecule has 2 aromatic carbocycles. The highest BCUT2D eigenvalue weighted by molar-refractivity contribution is 7.89. The highest BCUT2D eigenvalue weighted by Gasteiger charge is 2.07. The smallest absolute Gasteiger partial charge is 0.238 e. The van der Waals surface area contributed by atoms with E-state index in [9.17, 15) is 8.42 Å². The lowest BCUT2D eigenvalue weighted by Crippen LogP contribution is -2.37. The number of rotatable bonds is 7. The van der Waals surface area contributed by atoms with Gasteiger partial charge >= 0.3 is 0 Å². The minimum atomic E-state index is -3.67. The van der Waals surface area contributed by atoms with Gasteiger partial charge in [-0.1, -0.05) is 43.3 Å². The molecule has 0 unspecified atom stereocenters. The number of primary sulfonamides is 1. The van der Waals surface area contributed by atoms with Crippen LogP contribution >= 0.6 is 0 Å². The van der Waals surface area contributed by atoms with Crippen molar-refractivity contribution in [3.05, 3.63) is 65.2 Å². The molecule has 0 heterocycles. The average molecular weight is 375 g/mol. The van der Waals surface area contributed by atoms with Gasteiger partial charge in [0.05, 0.1) is 11.4 Å². The Labute approximate surface area is 155 Å². The molecule has 4 N–H and O–H groups in total. The molecule has 0 spiro atoms. The molecule has 140 valence electrons. The predicted molar refractivity (Wildman–Crippen MR) is 105 cm³/mol. The van der Waals surface area contributed by atoms with Crippen LogP contribution in [0, 0.1) is 0 Å². The normalized spacial score (nSPS) is 12.0. The van der Waals surface area contributed by atoms with E-state index in [4.69, 9.17) is 5.14 Å². The zero-order valence-corrected chi connectivity index (χ0v) is 16.0. The third-order valence-corrected chi connectivity index (χ3v) is 4.89. The lowest BCUT2D eigenvalue weighted by molar-refractivity contribution is 0.598. The Hall–Kier alpha value is -2.38. The van der Waals surface area contributed by atoms with E-state index in [1.54, 1.807) is 12.1 Å². The third kappa shape index (κ3) is 5.86. The zero-order valence-electron chi connectivity index (χ0n) is 15.2. The molecular weight excluding hydrogens is 348 g/mol. The fraction of sp³-hybridized carbons (Fsp3) is 0.316. The SMILES string of the molecule is CCNC(=NCc1ccc(S(N)(=O)=O)cc1)NCc1ccccc1CC. The lowest BCUT2D eigenvalue weighted by atomic mass is 10.1. The van der Waals surface area contributed by atoms with E-state index in [0.29, 0.717) is 19.0 Å². The Morgan fingerprint density at radius 1 is 1.00 bits per heavy atom. The van der Waals surface area contributed by atoms with Gasteiger partial charge in [0.25, 0.3) is 0 Å². The first-order valence-electron chi connectivity index (χ1n) is 8.64. The zero-order chi connectivity index (χ0) is 19.0. The maximum absolute atomic E-state index is 11.3. The van der Waals surface area contributed by atoms with Crippen LogP contribution in [0.5, 0.6) is 0 Å². The topological polar surface area (TPSA) is 96.6 Å². The van der Waals surface area contributed by atoms with E-state index < -0.39 is 10.0 Å². The molecule has 7 heteroatoms. The summed E-state index contributed by atoms with van der Waals surface area (Å²) < 4.78 is 22.6. The number of guanidine groups is 1. The van der Waals surface area contributed by atoms with E-state index in [0.717, 1.165) is 18.5 Å². The van der Waals surface area contributed by atoms with Gasteiger partial charge in [-0.2, -0.15) is 0 Å². The van der Waals surface area contributed by atoms with E-state index >= 15 is 0 Å².